The molecule has 1 unspecified atom stereocenters. The number of thiazole rings is 1. The van der Waals surface area contributed by atoms with E-state index in [0.29, 0.717) is 12.1 Å². The van der Waals surface area contributed by atoms with Crippen molar-refractivity contribution in [2.45, 2.75) is 38.8 Å². The highest BCUT2D eigenvalue weighted by atomic mass is 32.1. The quantitative estimate of drug-likeness (QED) is 0.735. The Morgan fingerprint density at radius 3 is 2.82 bits per heavy atom. The van der Waals surface area contributed by atoms with E-state index in [1.807, 2.05) is 20.8 Å². The van der Waals surface area contributed by atoms with Gasteiger partial charge in [-0.3, -0.25) is 4.79 Å². The molecule has 0 aromatic carbocycles. The molecule has 1 amide bonds. The van der Waals surface area contributed by atoms with Crippen LogP contribution in [0.2, 0.25) is 0 Å². The lowest BCUT2D eigenvalue weighted by Gasteiger charge is -2.24. The van der Waals surface area contributed by atoms with Crippen molar-refractivity contribution in [2.75, 3.05) is 6.61 Å². The summed E-state index contributed by atoms with van der Waals surface area (Å²) in [4.78, 5) is 16.1. The van der Waals surface area contributed by atoms with Gasteiger partial charge in [-0.05, 0) is 27.2 Å². The minimum atomic E-state index is -0.441. The molecule has 1 atom stereocenters. The smallest absolute Gasteiger partial charge is 0.271 e. The predicted molar refractivity (Wildman–Crippen MR) is 68.0 cm³/mol. The Balaban J connectivity index is 2.69. The van der Waals surface area contributed by atoms with Gasteiger partial charge in [0.1, 0.15) is 10.7 Å². The van der Waals surface area contributed by atoms with Crippen molar-refractivity contribution in [1.82, 2.24) is 10.3 Å². The molecule has 0 aliphatic rings. The maximum absolute atomic E-state index is 11.9. The molecule has 0 aliphatic heterocycles. The zero-order chi connectivity index (χ0) is 13.1. The summed E-state index contributed by atoms with van der Waals surface area (Å²) in [7, 11) is 0. The first-order valence-corrected chi connectivity index (χ1v) is 6.38. The monoisotopic (exact) mass is 257 g/mol. The van der Waals surface area contributed by atoms with Gasteiger partial charge in [-0.25, -0.2) is 4.98 Å². The fourth-order valence-corrected chi connectivity index (χ4v) is 2.07. The molecule has 0 saturated heterocycles. The largest absolute Gasteiger partial charge is 0.396 e. The van der Waals surface area contributed by atoms with Crippen LogP contribution in [0.4, 0.5) is 0 Å². The van der Waals surface area contributed by atoms with Gasteiger partial charge in [-0.1, -0.05) is 0 Å². The van der Waals surface area contributed by atoms with Gasteiger partial charge in [0.2, 0.25) is 0 Å². The van der Waals surface area contributed by atoms with Crippen LogP contribution in [0.25, 0.3) is 0 Å². The third-order valence-electron chi connectivity index (χ3n) is 2.33. The zero-order valence-electron chi connectivity index (χ0n) is 10.4. The van der Waals surface area contributed by atoms with E-state index in [4.69, 9.17) is 10.8 Å². The van der Waals surface area contributed by atoms with Crippen molar-refractivity contribution in [3.63, 3.8) is 0 Å². The molecular formula is C11H19N3O2S. The molecular weight excluding hydrogens is 238 g/mol. The number of nitrogens with zero attached hydrogens (tertiary/aromatic N) is 1. The van der Waals surface area contributed by atoms with Crippen molar-refractivity contribution in [2.24, 2.45) is 5.73 Å². The van der Waals surface area contributed by atoms with E-state index < -0.39 is 5.54 Å². The van der Waals surface area contributed by atoms with Gasteiger partial charge in [-0.15, -0.1) is 11.3 Å². The molecule has 96 valence electrons. The lowest BCUT2D eigenvalue weighted by Crippen LogP contribution is -2.44. The highest BCUT2D eigenvalue weighted by Gasteiger charge is 2.22. The number of hydrogen-bond donors (Lipinski definition) is 3. The molecule has 0 spiro atoms. The van der Waals surface area contributed by atoms with Crippen molar-refractivity contribution >= 4 is 17.2 Å². The Hall–Kier alpha value is -0.980. The average Bonchev–Trinajstić information content (AvgIpc) is 2.64. The minimum Gasteiger partial charge on any atom is -0.396 e. The zero-order valence-corrected chi connectivity index (χ0v) is 11.2. The predicted octanol–water partition coefficient (Wildman–Crippen LogP) is 1.05. The summed E-state index contributed by atoms with van der Waals surface area (Å²) in [5.74, 6) is -0.230. The Bertz CT molecular complexity index is 388. The number of amides is 1. The lowest BCUT2D eigenvalue weighted by molar-refractivity contribution is 0.0895. The lowest BCUT2D eigenvalue weighted by atomic mass is 10.0. The summed E-state index contributed by atoms with van der Waals surface area (Å²) in [5, 5.41) is 14.2. The van der Waals surface area contributed by atoms with E-state index >= 15 is 0 Å². The van der Waals surface area contributed by atoms with E-state index in [9.17, 15) is 4.79 Å². The van der Waals surface area contributed by atoms with Crippen LogP contribution in [0.3, 0.4) is 0 Å². The number of carbonyl (C=O) groups excluding carboxylic acids is 1. The average molecular weight is 257 g/mol. The Morgan fingerprint density at radius 2 is 2.35 bits per heavy atom. The van der Waals surface area contributed by atoms with Gasteiger partial charge < -0.3 is 16.2 Å². The standard InChI is InChI=1S/C11H19N3O2S/c1-7(12)10-13-8(6-17-10)9(16)14-11(2,3)4-5-15/h6-7,15H,4-5,12H2,1-3H3,(H,14,16). The van der Waals surface area contributed by atoms with Crippen LogP contribution in [0.15, 0.2) is 5.38 Å². The molecule has 1 heterocycles. The third kappa shape index (κ3) is 4.07. The van der Waals surface area contributed by atoms with Crippen LogP contribution >= 0.6 is 11.3 Å². The summed E-state index contributed by atoms with van der Waals surface area (Å²) in [6.45, 7) is 5.59. The Kier molecular flexibility index (Phi) is 4.62. The van der Waals surface area contributed by atoms with Crippen LogP contribution in [-0.2, 0) is 0 Å². The van der Waals surface area contributed by atoms with Crippen LogP contribution in [0.1, 0.15) is 48.7 Å². The van der Waals surface area contributed by atoms with Crippen LogP contribution in [-0.4, -0.2) is 28.1 Å². The molecule has 6 heteroatoms. The number of aliphatic hydroxyl groups is 1. The number of aromatic nitrogens is 1. The van der Waals surface area contributed by atoms with Gasteiger partial charge in [-0.2, -0.15) is 0 Å². The molecule has 0 bridgehead atoms. The van der Waals surface area contributed by atoms with E-state index in [0.717, 1.165) is 5.01 Å². The first-order valence-electron chi connectivity index (χ1n) is 5.50. The molecule has 1 aromatic rings. The SMILES string of the molecule is CC(N)c1nc(C(=O)NC(C)(C)CCO)cs1. The first-order chi connectivity index (χ1) is 7.85. The number of carbonyl (C=O) groups is 1. The molecule has 4 N–H and O–H groups in total. The number of aliphatic hydroxyl groups excluding tert-OH is 1. The van der Waals surface area contributed by atoms with Crippen LogP contribution in [0.5, 0.6) is 0 Å². The molecule has 0 aliphatic carbocycles. The van der Waals surface area contributed by atoms with E-state index in [-0.39, 0.29) is 18.6 Å². The number of nitrogens with two attached hydrogens (primary N) is 1. The van der Waals surface area contributed by atoms with Crippen molar-refractivity contribution in [1.29, 1.82) is 0 Å². The molecule has 1 rings (SSSR count). The molecule has 0 saturated carbocycles. The van der Waals surface area contributed by atoms with Gasteiger partial charge >= 0.3 is 0 Å². The summed E-state index contributed by atoms with van der Waals surface area (Å²) in [5.41, 5.74) is 5.63. The normalized spacial score (nSPS) is 13.5. The topological polar surface area (TPSA) is 88.2 Å². The summed E-state index contributed by atoms with van der Waals surface area (Å²) in [6.07, 6.45) is 0.503. The maximum atomic E-state index is 11.9. The highest BCUT2D eigenvalue weighted by Crippen LogP contribution is 2.17. The molecule has 5 nitrogen and oxygen atoms in total. The number of nitrogens with one attached hydrogen (secondary N) is 1. The minimum absolute atomic E-state index is 0.0371. The fourth-order valence-electron chi connectivity index (χ4n) is 1.31. The molecule has 0 fully saturated rings. The molecule has 0 radical (unpaired) electrons. The van der Waals surface area contributed by atoms with Gasteiger partial charge in [0.25, 0.3) is 5.91 Å². The van der Waals surface area contributed by atoms with Gasteiger partial charge in [0.05, 0.1) is 6.04 Å². The summed E-state index contributed by atoms with van der Waals surface area (Å²) in [6, 6.07) is -0.160. The first kappa shape index (κ1) is 14.1. The van der Waals surface area contributed by atoms with Gasteiger partial charge in [0.15, 0.2) is 0 Å². The fraction of sp³-hybridized carbons (Fsp3) is 0.636. The number of rotatable bonds is 5. The molecule has 1 aromatic heterocycles. The second-order valence-corrected chi connectivity index (χ2v) is 5.56. The number of hydrogen-bond acceptors (Lipinski definition) is 5. The Labute approximate surface area is 105 Å². The second kappa shape index (κ2) is 5.57. The van der Waals surface area contributed by atoms with Crippen molar-refractivity contribution < 1.29 is 9.90 Å². The molecule has 17 heavy (non-hydrogen) atoms. The van der Waals surface area contributed by atoms with Gasteiger partial charge in [0, 0.05) is 17.5 Å². The van der Waals surface area contributed by atoms with Crippen molar-refractivity contribution in [3.8, 4) is 0 Å². The third-order valence-corrected chi connectivity index (χ3v) is 3.38. The van der Waals surface area contributed by atoms with Crippen LogP contribution < -0.4 is 11.1 Å². The van der Waals surface area contributed by atoms with E-state index in [1.54, 1.807) is 5.38 Å². The van der Waals surface area contributed by atoms with E-state index in [2.05, 4.69) is 10.3 Å². The van der Waals surface area contributed by atoms with Crippen molar-refractivity contribution in [3.05, 3.63) is 16.1 Å². The summed E-state index contributed by atoms with van der Waals surface area (Å²) < 4.78 is 0. The Morgan fingerprint density at radius 1 is 1.71 bits per heavy atom. The summed E-state index contributed by atoms with van der Waals surface area (Å²) >= 11 is 1.38. The highest BCUT2D eigenvalue weighted by molar-refractivity contribution is 7.09. The maximum Gasteiger partial charge on any atom is 0.271 e. The second-order valence-electron chi connectivity index (χ2n) is 4.67. The van der Waals surface area contributed by atoms with Crippen LogP contribution in [0, 0.1) is 0 Å². The van der Waals surface area contributed by atoms with E-state index in [1.165, 1.54) is 11.3 Å².